The first-order valence-electron chi connectivity index (χ1n) is 11.4. The molecule has 0 spiro atoms. The maximum atomic E-state index is 13.3. The molecule has 1 aliphatic rings. The minimum atomic E-state index is -0.575. The zero-order valence-corrected chi connectivity index (χ0v) is 21.2. The molecule has 39 heavy (non-hydrogen) atoms. The summed E-state index contributed by atoms with van der Waals surface area (Å²) in [5.41, 5.74) is 0.689. The first-order chi connectivity index (χ1) is 18.8. The van der Waals surface area contributed by atoms with Crippen LogP contribution in [-0.2, 0) is 0 Å². The number of hydrogen-bond acceptors (Lipinski definition) is 8. The van der Waals surface area contributed by atoms with Crippen molar-refractivity contribution < 1.29 is 23.7 Å². The number of hydrogen-bond donors (Lipinski definition) is 0. The van der Waals surface area contributed by atoms with Gasteiger partial charge in [-0.15, -0.1) is 0 Å². The third-order valence-corrected chi connectivity index (χ3v) is 6.56. The number of imide groups is 1. The standard InChI is InChI=1S/C28H14BrN3O7/c29-16-7-10-24-23(12-16)28(35)39-25(30-24)15-3-1-4-17(11-15)31-26(33)21-9-8-20(14-22(21)27(31)34)38-19-6-2-5-18(13-19)32(36)37/h1-14H. The average molecular weight is 584 g/mol. The molecule has 0 aliphatic carbocycles. The van der Waals surface area contributed by atoms with Gasteiger partial charge in [-0.25, -0.2) is 14.7 Å². The van der Waals surface area contributed by atoms with E-state index in [1.807, 2.05) is 0 Å². The van der Waals surface area contributed by atoms with Crippen LogP contribution in [0.1, 0.15) is 20.7 Å². The van der Waals surface area contributed by atoms with Gasteiger partial charge in [0.1, 0.15) is 11.5 Å². The molecule has 1 aromatic heterocycles. The Balaban J connectivity index is 1.32. The maximum Gasteiger partial charge on any atom is 0.347 e. The Hall–Kier alpha value is -5.16. The molecule has 0 saturated carbocycles. The second-order valence-electron chi connectivity index (χ2n) is 8.53. The molecule has 0 saturated heterocycles. The van der Waals surface area contributed by atoms with Crippen molar-refractivity contribution in [3.8, 4) is 23.0 Å². The monoisotopic (exact) mass is 583 g/mol. The van der Waals surface area contributed by atoms with Gasteiger partial charge in [0.15, 0.2) is 0 Å². The number of rotatable bonds is 5. The number of ether oxygens (including phenoxy) is 1. The van der Waals surface area contributed by atoms with Crippen LogP contribution in [0.5, 0.6) is 11.5 Å². The summed E-state index contributed by atoms with van der Waals surface area (Å²) >= 11 is 3.32. The van der Waals surface area contributed by atoms with Crippen molar-refractivity contribution in [1.82, 2.24) is 4.98 Å². The summed E-state index contributed by atoms with van der Waals surface area (Å²) in [6.07, 6.45) is 0. The summed E-state index contributed by atoms with van der Waals surface area (Å²) in [6.45, 7) is 0. The first-order valence-corrected chi connectivity index (χ1v) is 12.2. The van der Waals surface area contributed by atoms with Gasteiger partial charge >= 0.3 is 5.63 Å². The number of carbonyl (C=O) groups is 2. The molecule has 0 fully saturated rings. The molecular weight excluding hydrogens is 570 g/mol. The lowest BCUT2D eigenvalue weighted by atomic mass is 10.1. The molecule has 0 N–H and O–H groups in total. The van der Waals surface area contributed by atoms with Crippen LogP contribution in [0.25, 0.3) is 22.4 Å². The predicted molar refractivity (Wildman–Crippen MR) is 144 cm³/mol. The lowest BCUT2D eigenvalue weighted by Crippen LogP contribution is -2.29. The van der Waals surface area contributed by atoms with Crippen LogP contribution < -0.4 is 15.3 Å². The second kappa shape index (κ2) is 9.30. The highest BCUT2D eigenvalue weighted by molar-refractivity contribution is 9.10. The first kappa shape index (κ1) is 24.2. The third-order valence-electron chi connectivity index (χ3n) is 6.06. The third kappa shape index (κ3) is 4.34. The summed E-state index contributed by atoms with van der Waals surface area (Å²) in [5.74, 6) is -0.621. The predicted octanol–water partition coefficient (Wildman–Crippen LogP) is 6.12. The fraction of sp³-hybridized carbons (Fsp3) is 0. The molecule has 0 atom stereocenters. The van der Waals surface area contributed by atoms with Crippen molar-refractivity contribution in [3.63, 3.8) is 0 Å². The van der Waals surface area contributed by atoms with Crippen LogP contribution in [0.4, 0.5) is 11.4 Å². The fourth-order valence-electron chi connectivity index (χ4n) is 4.26. The van der Waals surface area contributed by atoms with Gasteiger partial charge in [0.25, 0.3) is 17.5 Å². The van der Waals surface area contributed by atoms with Crippen molar-refractivity contribution in [2.75, 3.05) is 4.90 Å². The van der Waals surface area contributed by atoms with Crippen molar-refractivity contribution in [2.45, 2.75) is 0 Å². The molecule has 0 unspecified atom stereocenters. The molecule has 2 heterocycles. The summed E-state index contributed by atoms with van der Waals surface area (Å²) in [4.78, 5) is 55.0. The summed E-state index contributed by atoms with van der Waals surface area (Å²) in [7, 11) is 0. The number of fused-ring (bicyclic) bond motifs is 2. The zero-order valence-electron chi connectivity index (χ0n) is 19.7. The van der Waals surface area contributed by atoms with Gasteiger partial charge in [0.2, 0.25) is 5.89 Å². The van der Waals surface area contributed by atoms with Gasteiger partial charge in [-0.1, -0.05) is 28.1 Å². The number of nitro benzene ring substituents is 1. The summed E-state index contributed by atoms with van der Waals surface area (Å²) < 4.78 is 11.8. The van der Waals surface area contributed by atoms with Crippen LogP contribution in [0, 0.1) is 10.1 Å². The molecule has 190 valence electrons. The van der Waals surface area contributed by atoms with Crippen LogP contribution in [0.2, 0.25) is 0 Å². The Labute approximate surface area is 227 Å². The lowest BCUT2D eigenvalue weighted by molar-refractivity contribution is -0.384. The van der Waals surface area contributed by atoms with Crippen molar-refractivity contribution >= 4 is 50.0 Å². The molecule has 11 heteroatoms. The van der Waals surface area contributed by atoms with Crippen molar-refractivity contribution in [1.29, 1.82) is 0 Å². The largest absolute Gasteiger partial charge is 0.457 e. The van der Waals surface area contributed by atoms with Crippen LogP contribution in [-0.4, -0.2) is 21.7 Å². The second-order valence-corrected chi connectivity index (χ2v) is 9.44. The van der Waals surface area contributed by atoms with E-state index in [9.17, 15) is 24.5 Å². The van der Waals surface area contributed by atoms with Crippen LogP contribution in [0.15, 0.2) is 98.6 Å². The van der Waals surface area contributed by atoms with E-state index in [0.717, 1.165) is 4.90 Å². The number of halogens is 1. The molecule has 0 bridgehead atoms. The molecule has 2 amide bonds. The number of aromatic nitrogens is 1. The highest BCUT2D eigenvalue weighted by Gasteiger charge is 2.37. The van der Waals surface area contributed by atoms with E-state index >= 15 is 0 Å². The van der Waals surface area contributed by atoms with Gasteiger partial charge in [0.05, 0.1) is 38.7 Å². The summed E-state index contributed by atoms with van der Waals surface area (Å²) in [6, 6.07) is 21.5. The number of amides is 2. The number of benzene rings is 4. The Morgan fingerprint density at radius 2 is 1.62 bits per heavy atom. The quantitative estimate of drug-likeness (QED) is 0.137. The number of non-ortho nitro benzene ring substituents is 1. The Kier molecular flexibility index (Phi) is 5.77. The number of carbonyl (C=O) groups excluding carboxylic acids is 2. The van der Waals surface area contributed by atoms with Gasteiger partial charge in [-0.05, 0) is 60.7 Å². The lowest BCUT2D eigenvalue weighted by Gasteiger charge is -2.14. The molecule has 4 aromatic carbocycles. The van der Waals surface area contributed by atoms with E-state index in [2.05, 4.69) is 20.9 Å². The van der Waals surface area contributed by atoms with E-state index in [4.69, 9.17) is 9.15 Å². The number of nitro groups is 1. The van der Waals surface area contributed by atoms with E-state index in [1.165, 1.54) is 42.5 Å². The van der Waals surface area contributed by atoms with Gasteiger partial charge in [-0.2, -0.15) is 0 Å². The Morgan fingerprint density at radius 3 is 2.44 bits per heavy atom. The summed E-state index contributed by atoms with van der Waals surface area (Å²) in [5, 5.41) is 11.4. The number of anilines is 1. The maximum absolute atomic E-state index is 13.3. The average Bonchev–Trinajstić information content (AvgIpc) is 3.18. The van der Waals surface area contributed by atoms with E-state index in [0.29, 0.717) is 20.9 Å². The molecule has 10 nitrogen and oxygen atoms in total. The van der Waals surface area contributed by atoms with Gasteiger partial charge in [0, 0.05) is 16.1 Å². The van der Waals surface area contributed by atoms with Gasteiger partial charge in [-0.3, -0.25) is 19.7 Å². The molecule has 1 aliphatic heterocycles. The van der Waals surface area contributed by atoms with E-state index < -0.39 is 22.4 Å². The van der Waals surface area contributed by atoms with Gasteiger partial charge < -0.3 is 9.15 Å². The topological polar surface area (TPSA) is 133 Å². The molecule has 6 rings (SSSR count). The minimum Gasteiger partial charge on any atom is -0.457 e. The normalized spacial score (nSPS) is 12.6. The highest BCUT2D eigenvalue weighted by Crippen LogP contribution is 2.34. The van der Waals surface area contributed by atoms with Crippen LogP contribution in [0.3, 0.4) is 0 Å². The van der Waals surface area contributed by atoms with Crippen molar-refractivity contribution in [2.24, 2.45) is 0 Å². The highest BCUT2D eigenvalue weighted by atomic mass is 79.9. The minimum absolute atomic E-state index is 0.0425. The molecule has 0 radical (unpaired) electrons. The SMILES string of the molecule is O=C1c2ccc(Oc3cccc([N+](=O)[O-])c3)cc2C(=O)N1c1cccc(-c2nc3ccc(Br)cc3c(=O)o2)c1. The van der Waals surface area contributed by atoms with E-state index in [-0.39, 0.29) is 39.9 Å². The molecular formula is C28H14BrN3O7. The Bertz CT molecular complexity index is 1920. The Morgan fingerprint density at radius 1 is 0.846 bits per heavy atom. The fourth-order valence-corrected chi connectivity index (χ4v) is 4.62. The van der Waals surface area contributed by atoms with Crippen LogP contribution >= 0.6 is 15.9 Å². The number of nitrogens with zero attached hydrogens (tertiary/aromatic N) is 3. The van der Waals surface area contributed by atoms with Crippen molar-refractivity contribution in [3.05, 3.63) is 121 Å². The zero-order chi connectivity index (χ0) is 27.3. The molecule has 5 aromatic rings. The smallest absolute Gasteiger partial charge is 0.347 e. The van der Waals surface area contributed by atoms with E-state index in [1.54, 1.807) is 42.5 Å².